The molecule has 168 valence electrons. The number of aromatic nitrogens is 3. The molecule has 0 radical (unpaired) electrons. The number of piperazine rings is 1. The molecule has 1 aliphatic carbocycles. The predicted molar refractivity (Wildman–Crippen MR) is 119 cm³/mol. The molecule has 1 saturated heterocycles. The van der Waals surface area contributed by atoms with Crippen LogP contribution in [0.5, 0.6) is 0 Å². The van der Waals surface area contributed by atoms with Crippen molar-refractivity contribution in [2.75, 3.05) is 31.5 Å². The van der Waals surface area contributed by atoms with Crippen LogP contribution in [0.3, 0.4) is 0 Å². The number of hydrogen-bond donors (Lipinski definition) is 2. The van der Waals surface area contributed by atoms with Crippen LogP contribution in [0.2, 0.25) is 0 Å². The van der Waals surface area contributed by atoms with Crippen molar-refractivity contribution < 1.29 is 9.59 Å². The van der Waals surface area contributed by atoms with Crippen molar-refractivity contribution in [1.82, 2.24) is 24.4 Å². The lowest BCUT2D eigenvalue weighted by atomic mass is 9.89. The second-order valence-electron chi connectivity index (χ2n) is 8.94. The Labute approximate surface area is 183 Å². The van der Waals surface area contributed by atoms with Gasteiger partial charge in [0.25, 0.3) is 0 Å². The van der Waals surface area contributed by atoms with E-state index in [1.807, 2.05) is 28.6 Å². The molecule has 2 fully saturated rings. The molecule has 0 unspecified atom stereocenters. The van der Waals surface area contributed by atoms with E-state index in [0.717, 1.165) is 68.8 Å². The van der Waals surface area contributed by atoms with E-state index in [1.165, 1.54) is 0 Å². The maximum absolute atomic E-state index is 11.6. The largest absolute Gasteiger partial charge is 0.370 e. The minimum atomic E-state index is -0.305. The van der Waals surface area contributed by atoms with Gasteiger partial charge in [-0.25, -0.2) is 9.50 Å². The Bertz CT molecular complexity index is 927. The van der Waals surface area contributed by atoms with Gasteiger partial charge in [0.1, 0.15) is 11.8 Å². The van der Waals surface area contributed by atoms with Crippen LogP contribution in [0.1, 0.15) is 57.4 Å². The van der Waals surface area contributed by atoms with E-state index in [1.54, 1.807) is 13.3 Å². The molecule has 2 amide bonds. The lowest BCUT2D eigenvalue weighted by molar-refractivity contribution is -0.131. The summed E-state index contributed by atoms with van der Waals surface area (Å²) in [7, 11) is 0. The normalized spacial score (nSPS) is 23.6. The second-order valence-corrected chi connectivity index (χ2v) is 8.94. The summed E-state index contributed by atoms with van der Waals surface area (Å²) >= 11 is 0. The fraction of sp³-hybridized carbons (Fsp3) is 0.636. The standard InChI is InChI=1S/C22H33N7O2/c1-15(13-20(23)31)19-7-8-29-21(19)22(24-14-25-29)26-17-3-5-18(6-4-17)28-11-9-27(10-12-28)16(2)30/h7-8,14-15,17-18H,3-6,9-13H2,1-2H3,(H2,23,31)(H,24,25,26)/t15-,17?,18?/m1/s1. The molecule has 9 heteroatoms. The van der Waals surface area contributed by atoms with Crippen LogP contribution in [0.4, 0.5) is 5.82 Å². The smallest absolute Gasteiger partial charge is 0.219 e. The minimum Gasteiger partial charge on any atom is -0.370 e. The first kappa shape index (κ1) is 21.5. The highest BCUT2D eigenvalue weighted by Crippen LogP contribution is 2.31. The van der Waals surface area contributed by atoms with Crippen molar-refractivity contribution in [2.24, 2.45) is 5.73 Å². The zero-order valence-electron chi connectivity index (χ0n) is 18.5. The van der Waals surface area contributed by atoms with Gasteiger partial charge in [-0.1, -0.05) is 6.92 Å². The monoisotopic (exact) mass is 427 g/mol. The Balaban J connectivity index is 1.38. The van der Waals surface area contributed by atoms with E-state index in [4.69, 9.17) is 5.73 Å². The van der Waals surface area contributed by atoms with E-state index in [2.05, 4.69) is 20.3 Å². The predicted octanol–water partition coefficient (Wildman–Crippen LogP) is 1.60. The number of fused-ring (bicyclic) bond motifs is 1. The zero-order valence-corrected chi connectivity index (χ0v) is 18.5. The fourth-order valence-corrected chi connectivity index (χ4v) is 5.07. The van der Waals surface area contributed by atoms with Crippen LogP contribution in [-0.2, 0) is 9.59 Å². The molecular formula is C22H33N7O2. The summed E-state index contributed by atoms with van der Waals surface area (Å²) in [5.41, 5.74) is 7.38. The molecule has 4 rings (SSSR count). The SMILES string of the molecule is CC(=O)N1CCN(C2CCC(Nc3ncnn4ccc([C@H](C)CC(N)=O)c34)CC2)CC1. The molecule has 3 N–H and O–H groups in total. The highest BCUT2D eigenvalue weighted by Gasteiger charge is 2.29. The lowest BCUT2D eigenvalue weighted by Gasteiger charge is -2.42. The van der Waals surface area contributed by atoms with Crippen molar-refractivity contribution in [2.45, 2.75) is 64.0 Å². The van der Waals surface area contributed by atoms with E-state index in [-0.39, 0.29) is 17.7 Å². The number of nitrogens with one attached hydrogen (secondary N) is 1. The van der Waals surface area contributed by atoms with Crippen LogP contribution in [0.15, 0.2) is 18.6 Å². The third-order valence-electron chi connectivity index (χ3n) is 6.84. The maximum atomic E-state index is 11.6. The Hall–Kier alpha value is -2.68. The first-order valence-electron chi connectivity index (χ1n) is 11.3. The minimum absolute atomic E-state index is 0.0125. The maximum Gasteiger partial charge on any atom is 0.219 e. The number of nitrogens with zero attached hydrogens (tertiary/aromatic N) is 5. The molecule has 9 nitrogen and oxygen atoms in total. The Morgan fingerprint density at radius 3 is 2.55 bits per heavy atom. The number of carbonyl (C=O) groups is 2. The van der Waals surface area contributed by atoms with Crippen LogP contribution in [0.25, 0.3) is 5.52 Å². The van der Waals surface area contributed by atoms with Gasteiger partial charge in [0, 0.05) is 57.8 Å². The highest BCUT2D eigenvalue weighted by molar-refractivity contribution is 5.78. The summed E-state index contributed by atoms with van der Waals surface area (Å²) in [4.78, 5) is 32.0. The van der Waals surface area contributed by atoms with Crippen molar-refractivity contribution in [3.05, 3.63) is 24.2 Å². The van der Waals surface area contributed by atoms with Crippen LogP contribution >= 0.6 is 0 Å². The van der Waals surface area contributed by atoms with Gasteiger partial charge in [-0.2, -0.15) is 5.10 Å². The summed E-state index contributed by atoms with van der Waals surface area (Å²) in [6, 6.07) is 2.96. The van der Waals surface area contributed by atoms with Gasteiger partial charge in [0.2, 0.25) is 11.8 Å². The Kier molecular flexibility index (Phi) is 6.41. The molecule has 1 atom stereocenters. The summed E-state index contributed by atoms with van der Waals surface area (Å²) in [5.74, 6) is 0.711. The third kappa shape index (κ3) is 4.81. The van der Waals surface area contributed by atoms with Gasteiger partial charge in [0.05, 0.1) is 0 Å². The molecule has 2 aliphatic rings. The Morgan fingerprint density at radius 1 is 1.19 bits per heavy atom. The zero-order chi connectivity index (χ0) is 22.0. The number of nitrogens with two attached hydrogens (primary N) is 1. The van der Waals surface area contributed by atoms with Crippen molar-refractivity contribution in [3.8, 4) is 0 Å². The van der Waals surface area contributed by atoms with E-state index in [0.29, 0.717) is 18.5 Å². The van der Waals surface area contributed by atoms with E-state index >= 15 is 0 Å². The van der Waals surface area contributed by atoms with Gasteiger partial charge in [-0.15, -0.1) is 0 Å². The van der Waals surface area contributed by atoms with Gasteiger partial charge >= 0.3 is 0 Å². The first-order chi connectivity index (χ1) is 14.9. The Morgan fingerprint density at radius 2 is 1.90 bits per heavy atom. The fourth-order valence-electron chi connectivity index (χ4n) is 5.07. The van der Waals surface area contributed by atoms with Gasteiger partial charge in [-0.3, -0.25) is 14.5 Å². The number of anilines is 1. The molecule has 1 saturated carbocycles. The average Bonchev–Trinajstić information content (AvgIpc) is 3.19. The number of amides is 2. The van der Waals surface area contributed by atoms with Gasteiger partial charge in [-0.05, 0) is 43.2 Å². The topological polar surface area (TPSA) is 109 Å². The van der Waals surface area contributed by atoms with Crippen molar-refractivity contribution in [1.29, 1.82) is 0 Å². The number of carbonyl (C=O) groups excluding carboxylic acids is 2. The molecule has 2 aromatic heterocycles. The van der Waals surface area contributed by atoms with Crippen molar-refractivity contribution >= 4 is 23.1 Å². The van der Waals surface area contributed by atoms with Crippen LogP contribution in [0, 0.1) is 0 Å². The molecule has 3 heterocycles. The summed E-state index contributed by atoms with van der Waals surface area (Å²) < 4.78 is 1.82. The number of primary amides is 1. The number of rotatable bonds is 6. The molecule has 31 heavy (non-hydrogen) atoms. The third-order valence-corrected chi connectivity index (χ3v) is 6.84. The van der Waals surface area contributed by atoms with Crippen LogP contribution < -0.4 is 11.1 Å². The quantitative estimate of drug-likeness (QED) is 0.725. The van der Waals surface area contributed by atoms with Crippen LogP contribution in [-0.4, -0.2) is 74.5 Å². The lowest BCUT2D eigenvalue weighted by Crippen LogP contribution is -2.52. The molecule has 0 bridgehead atoms. The summed E-state index contributed by atoms with van der Waals surface area (Å²) in [6.45, 7) is 7.29. The molecular weight excluding hydrogens is 394 g/mol. The molecule has 0 aromatic carbocycles. The first-order valence-corrected chi connectivity index (χ1v) is 11.3. The summed E-state index contributed by atoms with van der Waals surface area (Å²) in [5, 5.41) is 7.97. The van der Waals surface area contributed by atoms with Gasteiger partial charge < -0.3 is 16.0 Å². The average molecular weight is 428 g/mol. The summed E-state index contributed by atoms with van der Waals surface area (Å²) in [6.07, 6.45) is 8.23. The highest BCUT2D eigenvalue weighted by atomic mass is 16.2. The molecule has 1 aliphatic heterocycles. The molecule has 0 spiro atoms. The van der Waals surface area contributed by atoms with Crippen molar-refractivity contribution in [3.63, 3.8) is 0 Å². The second kappa shape index (κ2) is 9.21. The number of hydrogen-bond acceptors (Lipinski definition) is 6. The molecule has 2 aromatic rings. The van der Waals surface area contributed by atoms with Gasteiger partial charge in [0.15, 0.2) is 5.82 Å². The van der Waals surface area contributed by atoms with E-state index in [9.17, 15) is 9.59 Å². The van der Waals surface area contributed by atoms with E-state index < -0.39 is 0 Å².